The molecule has 0 saturated carbocycles. The second-order valence-corrected chi connectivity index (χ2v) is 3.84. The molecule has 12 heavy (non-hydrogen) atoms. The van der Waals surface area contributed by atoms with Gasteiger partial charge in [-0.1, -0.05) is 6.92 Å². The van der Waals surface area contributed by atoms with E-state index in [1.165, 1.54) is 5.69 Å². The second-order valence-electron chi connectivity index (χ2n) is 2.98. The van der Waals surface area contributed by atoms with Crippen molar-refractivity contribution in [3.05, 3.63) is 18.0 Å². The molecule has 0 radical (unpaired) electrons. The highest BCUT2D eigenvalue weighted by Gasteiger charge is 2.03. The van der Waals surface area contributed by atoms with E-state index in [0.717, 1.165) is 12.2 Å². The van der Waals surface area contributed by atoms with Crippen LogP contribution in [0, 0.1) is 0 Å². The van der Waals surface area contributed by atoms with E-state index in [9.17, 15) is 0 Å². The molecule has 0 fully saturated rings. The van der Waals surface area contributed by atoms with Gasteiger partial charge in [0.05, 0.1) is 5.69 Å². The van der Waals surface area contributed by atoms with Crippen LogP contribution >= 0.6 is 11.8 Å². The van der Waals surface area contributed by atoms with Crippen LogP contribution in [0.4, 0.5) is 0 Å². The molecule has 1 rings (SSSR count). The molecule has 0 aromatic carbocycles. The van der Waals surface area contributed by atoms with Gasteiger partial charge in [0.2, 0.25) is 0 Å². The van der Waals surface area contributed by atoms with E-state index in [1.54, 1.807) is 0 Å². The van der Waals surface area contributed by atoms with Gasteiger partial charge in [-0.2, -0.15) is 16.9 Å². The minimum absolute atomic E-state index is 0.528. The molecule has 0 amide bonds. The summed E-state index contributed by atoms with van der Waals surface area (Å²) in [6, 6.07) is 2.63. The van der Waals surface area contributed by atoms with Gasteiger partial charge in [0.1, 0.15) is 0 Å². The maximum absolute atomic E-state index is 4.47. The molecule has 0 aliphatic carbocycles. The molecule has 0 spiro atoms. The minimum atomic E-state index is 0.528. The predicted molar refractivity (Wildman–Crippen MR) is 54.4 cm³/mol. The number of rotatable bonds is 4. The van der Waals surface area contributed by atoms with Crippen molar-refractivity contribution in [1.82, 2.24) is 9.78 Å². The molecule has 1 atom stereocenters. The first-order chi connectivity index (χ1) is 5.77. The van der Waals surface area contributed by atoms with Crippen molar-refractivity contribution in [3.8, 4) is 0 Å². The SMILES string of the molecule is CCC(C)n1ccc(CSC)n1. The zero-order chi connectivity index (χ0) is 8.97. The van der Waals surface area contributed by atoms with E-state index >= 15 is 0 Å². The highest BCUT2D eigenvalue weighted by Crippen LogP contribution is 2.11. The van der Waals surface area contributed by atoms with Crippen LogP contribution in [-0.2, 0) is 5.75 Å². The molecule has 1 unspecified atom stereocenters. The maximum atomic E-state index is 4.47. The lowest BCUT2D eigenvalue weighted by Gasteiger charge is -2.07. The van der Waals surface area contributed by atoms with E-state index in [4.69, 9.17) is 0 Å². The van der Waals surface area contributed by atoms with Crippen molar-refractivity contribution < 1.29 is 0 Å². The lowest BCUT2D eigenvalue weighted by molar-refractivity contribution is 0.475. The number of hydrogen-bond donors (Lipinski definition) is 0. The highest BCUT2D eigenvalue weighted by atomic mass is 32.2. The van der Waals surface area contributed by atoms with Crippen LogP contribution in [0.1, 0.15) is 32.0 Å². The average molecular weight is 184 g/mol. The van der Waals surface area contributed by atoms with Crippen LogP contribution in [0.5, 0.6) is 0 Å². The lowest BCUT2D eigenvalue weighted by Crippen LogP contribution is -2.04. The van der Waals surface area contributed by atoms with Crippen molar-refractivity contribution in [3.63, 3.8) is 0 Å². The molecular formula is C9H16N2S. The molecule has 1 aromatic rings. The molecule has 68 valence electrons. The molecule has 3 heteroatoms. The summed E-state index contributed by atoms with van der Waals surface area (Å²) in [5.41, 5.74) is 1.18. The Morgan fingerprint density at radius 3 is 3.00 bits per heavy atom. The number of thioether (sulfide) groups is 1. The first-order valence-electron chi connectivity index (χ1n) is 4.31. The topological polar surface area (TPSA) is 17.8 Å². The quantitative estimate of drug-likeness (QED) is 0.716. The molecule has 2 nitrogen and oxygen atoms in total. The smallest absolute Gasteiger partial charge is 0.0723 e. The third-order valence-electron chi connectivity index (χ3n) is 2.00. The molecule has 0 saturated heterocycles. The maximum Gasteiger partial charge on any atom is 0.0723 e. The number of hydrogen-bond acceptors (Lipinski definition) is 2. The predicted octanol–water partition coefficient (Wildman–Crippen LogP) is 2.72. The standard InChI is InChI=1S/C9H16N2S/c1-4-8(2)11-6-5-9(10-11)7-12-3/h5-6,8H,4,7H2,1-3H3. The van der Waals surface area contributed by atoms with Gasteiger partial charge in [-0.05, 0) is 25.7 Å². The fraction of sp³-hybridized carbons (Fsp3) is 0.667. The fourth-order valence-electron chi connectivity index (χ4n) is 1.03. The van der Waals surface area contributed by atoms with E-state index in [2.05, 4.69) is 37.5 Å². The third kappa shape index (κ3) is 2.27. The minimum Gasteiger partial charge on any atom is -0.270 e. The number of aromatic nitrogens is 2. The lowest BCUT2D eigenvalue weighted by atomic mass is 10.3. The zero-order valence-corrected chi connectivity index (χ0v) is 8.77. The Bertz CT molecular complexity index is 232. The van der Waals surface area contributed by atoms with Gasteiger partial charge < -0.3 is 0 Å². The van der Waals surface area contributed by atoms with Gasteiger partial charge in [-0.3, -0.25) is 4.68 Å². The van der Waals surface area contributed by atoms with Gasteiger partial charge in [0, 0.05) is 18.0 Å². The van der Waals surface area contributed by atoms with Crippen LogP contribution in [0.15, 0.2) is 12.3 Å². The van der Waals surface area contributed by atoms with E-state index in [-0.39, 0.29) is 0 Å². The van der Waals surface area contributed by atoms with Gasteiger partial charge in [0.15, 0.2) is 0 Å². The molecule has 1 heterocycles. The van der Waals surface area contributed by atoms with E-state index in [0.29, 0.717) is 6.04 Å². The Morgan fingerprint density at radius 1 is 1.67 bits per heavy atom. The molecular weight excluding hydrogens is 168 g/mol. The Morgan fingerprint density at radius 2 is 2.42 bits per heavy atom. The van der Waals surface area contributed by atoms with Crippen molar-refractivity contribution in [2.75, 3.05) is 6.26 Å². The van der Waals surface area contributed by atoms with E-state index in [1.807, 2.05) is 16.4 Å². The Kier molecular flexibility index (Phi) is 3.66. The average Bonchev–Trinajstić information content (AvgIpc) is 2.52. The van der Waals surface area contributed by atoms with Gasteiger partial charge in [-0.25, -0.2) is 0 Å². The summed E-state index contributed by atoms with van der Waals surface area (Å²) in [7, 11) is 0. The third-order valence-corrected chi connectivity index (χ3v) is 2.58. The van der Waals surface area contributed by atoms with Gasteiger partial charge >= 0.3 is 0 Å². The Balaban J connectivity index is 2.63. The van der Waals surface area contributed by atoms with Crippen molar-refractivity contribution in [1.29, 1.82) is 0 Å². The first kappa shape index (κ1) is 9.65. The molecule has 0 bridgehead atoms. The summed E-state index contributed by atoms with van der Waals surface area (Å²) in [4.78, 5) is 0. The highest BCUT2D eigenvalue weighted by molar-refractivity contribution is 7.97. The summed E-state index contributed by atoms with van der Waals surface area (Å²) in [5.74, 6) is 1.02. The largest absolute Gasteiger partial charge is 0.270 e. The van der Waals surface area contributed by atoms with Gasteiger partial charge in [-0.15, -0.1) is 0 Å². The summed E-state index contributed by atoms with van der Waals surface area (Å²) in [5, 5.41) is 4.47. The van der Waals surface area contributed by atoms with Gasteiger partial charge in [0.25, 0.3) is 0 Å². The van der Waals surface area contributed by atoms with Crippen LogP contribution in [0.25, 0.3) is 0 Å². The monoisotopic (exact) mass is 184 g/mol. The van der Waals surface area contributed by atoms with Crippen LogP contribution in [-0.4, -0.2) is 16.0 Å². The normalized spacial score (nSPS) is 13.2. The van der Waals surface area contributed by atoms with Crippen LogP contribution < -0.4 is 0 Å². The molecule has 0 N–H and O–H groups in total. The van der Waals surface area contributed by atoms with E-state index < -0.39 is 0 Å². The summed E-state index contributed by atoms with van der Waals surface area (Å²) in [6.07, 6.45) is 5.31. The molecule has 0 aliphatic rings. The second kappa shape index (κ2) is 4.55. The van der Waals surface area contributed by atoms with Crippen molar-refractivity contribution in [2.24, 2.45) is 0 Å². The van der Waals surface area contributed by atoms with Crippen LogP contribution in [0.3, 0.4) is 0 Å². The Hall–Kier alpha value is -0.440. The van der Waals surface area contributed by atoms with Crippen molar-refractivity contribution >= 4 is 11.8 Å². The summed E-state index contributed by atoms with van der Waals surface area (Å²) >= 11 is 1.81. The van der Waals surface area contributed by atoms with Crippen LogP contribution in [0.2, 0.25) is 0 Å². The first-order valence-corrected chi connectivity index (χ1v) is 5.70. The molecule has 1 aromatic heterocycles. The number of nitrogens with zero attached hydrogens (tertiary/aromatic N) is 2. The summed E-state index contributed by atoms with van der Waals surface area (Å²) in [6.45, 7) is 4.37. The zero-order valence-electron chi connectivity index (χ0n) is 7.95. The summed E-state index contributed by atoms with van der Waals surface area (Å²) < 4.78 is 2.05. The molecule has 0 aliphatic heterocycles. The fourth-order valence-corrected chi connectivity index (χ4v) is 1.48. The van der Waals surface area contributed by atoms with Crippen molar-refractivity contribution in [2.45, 2.75) is 32.1 Å². The Labute approximate surface area is 78.4 Å².